The summed E-state index contributed by atoms with van der Waals surface area (Å²) in [5.74, 6) is -0.995. The third-order valence-corrected chi connectivity index (χ3v) is 3.82. The normalized spacial score (nSPS) is 11.6. The van der Waals surface area contributed by atoms with Gasteiger partial charge in [-0.05, 0) is 38.1 Å². The van der Waals surface area contributed by atoms with E-state index in [1.807, 2.05) is 37.3 Å². The molecule has 5 nitrogen and oxygen atoms in total. The molecule has 0 radical (unpaired) electrons. The molecule has 0 bridgehead atoms. The third kappa shape index (κ3) is 3.62. The lowest BCUT2D eigenvalue weighted by Gasteiger charge is -2.06. The Labute approximate surface area is 150 Å². The van der Waals surface area contributed by atoms with Gasteiger partial charge in [0, 0.05) is 11.8 Å². The first-order chi connectivity index (χ1) is 12.5. The number of carbonyl (C=O) groups excluding carboxylic acids is 1. The lowest BCUT2D eigenvalue weighted by molar-refractivity contribution is 0.0436. The molecule has 0 fully saturated rings. The maximum atomic E-state index is 13.2. The molecule has 0 saturated heterocycles. The number of hydrogen-bond donors (Lipinski definition) is 0. The van der Waals surface area contributed by atoms with E-state index in [1.165, 1.54) is 29.9 Å². The van der Waals surface area contributed by atoms with Crippen LogP contribution in [0.2, 0.25) is 0 Å². The van der Waals surface area contributed by atoms with Crippen molar-refractivity contribution in [2.45, 2.75) is 20.0 Å². The Kier molecular flexibility index (Phi) is 4.81. The van der Waals surface area contributed by atoms with Gasteiger partial charge in [0.15, 0.2) is 6.10 Å². The molecule has 0 spiro atoms. The fraction of sp³-hybridized carbons (Fsp3) is 0.150. The fourth-order valence-electron chi connectivity index (χ4n) is 2.42. The number of nitrogens with zero attached hydrogens (tertiary/aromatic N) is 3. The molecular weight excluding hydrogens is 333 g/mol. The molecule has 0 unspecified atom stereocenters. The number of rotatable bonds is 4. The minimum absolute atomic E-state index is 0.236. The predicted octanol–water partition coefficient (Wildman–Crippen LogP) is 4.06. The van der Waals surface area contributed by atoms with Crippen LogP contribution in [0.1, 0.15) is 22.8 Å². The first-order valence-electron chi connectivity index (χ1n) is 8.01. The summed E-state index contributed by atoms with van der Waals surface area (Å²) in [7, 11) is 0. The van der Waals surface area contributed by atoms with E-state index < -0.39 is 12.1 Å². The molecule has 3 rings (SSSR count). The summed E-state index contributed by atoms with van der Waals surface area (Å²) in [5, 5.41) is 13.3. The van der Waals surface area contributed by atoms with Crippen molar-refractivity contribution in [1.82, 2.24) is 9.78 Å². The van der Waals surface area contributed by atoms with Crippen LogP contribution < -0.4 is 0 Å². The molecule has 0 amide bonds. The second kappa shape index (κ2) is 7.19. The molecule has 6 heteroatoms. The molecule has 0 N–H and O–H groups in total. The number of carbonyl (C=O) groups is 1. The zero-order chi connectivity index (χ0) is 18.7. The summed E-state index contributed by atoms with van der Waals surface area (Å²) in [6.45, 7) is 3.46. The molecular formula is C20H16FN3O2. The van der Waals surface area contributed by atoms with Gasteiger partial charge in [0.1, 0.15) is 23.1 Å². The number of benzene rings is 2. The minimum atomic E-state index is -0.873. The predicted molar refractivity (Wildman–Crippen MR) is 94.2 cm³/mol. The molecule has 3 aromatic rings. The van der Waals surface area contributed by atoms with E-state index in [4.69, 9.17) is 10.00 Å². The molecule has 0 aliphatic carbocycles. The Balaban J connectivity index is 2.08. The van der Waals surface area contributed by atoms with Crippen LogP contribution in [0.15, 0.2) is 54.7 Å². The van der Waals surface area contributed by atoms with Gasteiger partial charge in [0.2, 0.25) is 0 Å². The van der Waals surface area contributed by atoms with Crippen molar-refractivity contribution in [3.63, 3.8) is 0 Å². The zero-order valence-electron chi connectivity index (χ0n) is 14.3. The van der Waals surface area contributed by atoms with E-state index in [9.17, 15) is 9.18 Å². The van der Waals surface area contributed by atoms with Crippen LogP contribution in [0.25, 0.3) is 16.9 Å². The lowest BCUT2D eigenvalue weighted by atomic mass is 10.1. The number of hydrogen-bond acceptors (Lipinski definition) is 4. The average Bonchev–Trinajstić information content (AvgIpc) is 3.08. The highest BCUT2D eigenvalue weighted by Crippen LogP contribution is 2.25. The monoisotopic (exact) mass is 349 g/mol. The average molecular weight is 349 g/mol. The Morgan fingerprint density at radius 1 is 1.19 bits per heavy atom. The number of aryl methyl sites for hydroxylation is 1. The summed E-state index contributed by atoms with van der Waals surface area (Å²) in [6, 6.07) is 15.2. The van der Waals surface area contributed by atoms with Gasteiger partial charge in [0.05, 0.1) is 5.69 Å². The van der Waals surface area contributed by atoms with Crippen molar-refractivity contribution in [1.29, 1.82) is 5.26 Å². The van der Waals surface area contributed by atoms with Crippen LogP contribution in [0, 0.1) is 24.1 Å². The molecule has 2 aromatic carbocycles. The van der Waals surface area contributed by atoms with Gasteiger partial charge in [-0.1, -0.05) is 29.8 Å². The van der Waals surface area contributed by atoms with Gasteiger partial charge in [-0.25, -0.2) is 13.9 Å². The second-order valence-electron chi connectivity index (χ2n) is 5.86. The minimum Gasteiger partial charge on any atom is -0.444 e. The van der Waals surface area contributed by atoms with E-state index in [1.54, 1.807) is 12.1 Å². The van der Waals surface area contributed by atoms with Crippen molar-refractivity contribution in [2.24, 2.45) is 0 Å². The first-order valence-corrected chi connectivity index (χ1v) is 8.01. The van der Waals surface area contributed by atoms with Gasteiger partial charge in [0.25, 0.3) is 0 Å². The highest BCUT2D eigenvalue weighted by Gasteiger charge is 2.21. The standard InChI is InChI=1S/C20H16FN3O2/c1-13-3-5-15(6-4-13)19-18(20(25)26-14(2)11-22)12-24(23-19)17-9-7-16(21)8-10-17/h3-10,12,14H,1-2H3/t14-/m1/s1. The smallest absolute Gasteiger partial charge is 0.343 e. The van der Waals surface area contributed by atoms with Crippen LogP contribution in [-0.4, -0.2) is 21.9 Å². The topological polar surface area (TPSA) is 67.9 Å². The molecule has 1 heterocycles. The Bertz CT molecular complexity index is 970. The van der Waals surface area contributed by atoms with Crippen molar-refractivity contribution < 1.29 is 13.9 Å². The summed E-state index contributed by atoms with van der Waals surface area (Å²) in [6.07, 6.45) is 0.650. The quantitative estimate of drug-likeness (QED) is 0.666. The number of esters is 1. The molecule has 1 aromatic heterocycles. The molecule has 0 aliphatic rings. The van der Waals surface area contributed by atoms with Gasteiger partial charge in [-0.2, -0.15) is 10.4 Å². The van der Waals surface area contributed by atoms with Gasteiger partial charge >= 0.3 is 5.97 Å². The van der Waals surface area contributed by atoms with Crippen LogP contribution in [0.4, 0.5) is 4.39 Å². The Hall–Kier alpha value is -3.46. The molecule has 0 aliphatic heterocycles. The van der Waals surface area contributed by atoms with Crippen LogP contribution >= 0.6 is 0 Å². The van der Waals surface area contributed by atoms with Gasteiger partial charge < -0.3 is 4.74 Å². The van der Waals surface area contributed by atoms with Crippen molar-refractivity contribution in [3.8, 4) is 23.0 Å². The van der Waals surface area contributed by atoms with Crippen molar-refractivity contribution >= 4 is 5.97 Å². The first kappa shape index (κ1) is 17.4. The summed E-state index contributed by atoms with van der Waals surface area (Å²) in [5.41, 5.74) is 3.10. The zero-order valence-corrected chi connectivity index (χ0v) is 14.3. The van der Waals surface area contributed by atoms with Crippen LogP contribution in [0.5, 0.6) is 0 Å². The van der Waals surface area contributed by atoms with Crippen molar-refractivity contribution in [3.05, 3.63) is 71.7 Å². The van der Waals surface area contributed by atoms with Gasteiger partial charge in [-0.3, -0.25) is 0 Å². The SMILES string of the molecule is Cc1ccc(-c2nn(-c3ccc(F)cc3)cc2C(=O)O[C@H](C)C#N)cc1. The largest absolute Gasteiger partial charge is 0.444 e. The van der Waals surface area contributed by atoms with E-state index >= 15 is 0 Å². The molecule has 1 atom stereocenters. The summed E-state index contributed by atoms with van der Waals surface area (Å²) < 4.78 is 19.8. The number of ether oxygens (including phenoxy) is 1. The van der Waals surface area contributed by atoms with Crippen molar-refractivity contribution in [2.75, 3.05) is 0 Å². The Morgan fingerprint density at radius 3 is 2.46 bits per heavy atom. The van der Waals surface area contributed by atoms with E-state index in [-0.39, 0.29) is 11.4 Å². The lowest BCUT2D eigenvalue weighted by Crippen LogP contribution is -2.13. The highest BCUT2D eigenvalue weighted by atomic mass is 19.1. The summed E-state index contributed by atoms with van der Waals surface area (Å²) in [4.78, 5) is 12.5. The maximum absolute atomic E-state index is 13.2. The number of halogens is 1. The highest BCUT2D eigenvalue weighted by molar-refractivity contribution is 5.96. The number of nitriles is 1. The van der Waals surface area contributed by atoms with E-state index in [2.05, 4.69) is 5.10 Å². The third-order valence-electron chi connectivity index (χ3n) is 3.82. The summed E-state index contributed by atoms with van der Waals surface area (Å²) >= 11 is 0. The molecule has 26 heavy (non-hydrogen) atoms. The van der Waals surface area contributed by atoms with Gasteiger partial charge in [-0.15, -0.1) is 0 Å². The van der Waals surface area contributed by atoms with Crippen LogP contribution in [0.3, 0.4) is 0 Å². The second-order valence-corrected chi connectivity index (χ2v) is 5.86. The fourth-order valence-corrected chi connectivity index (χ4v) is 2.42. The van der Waals surface area contributed by atoms with E-state index in [0.29, 0.717) is 11.4 Å². The maximum Gasteiger partial charge on any atom is 0.343 e. The molecule has 130 valence electrons. The number of aromatic nitrogens is 2. The van der Waals surface area contributed by atoms with E-state index in [0.717, 1.165) is 11.1 Å². The van der Waals surface area contributed by atoms with Crippen LogP contribution in [-0.2, 0) is 4.74 Å². The Morgan fingerprint density at radius 2 is 1.85 bits per heavy atom. The molecule has 0 saturated carbocycles.